The second-order valence-corrected chi connectivity index (χ2v) is 2.89. The molecule has 0 radical (unpaired) electrons. The van der Waals surface area contributed by atoms with Gasteiger partial charge in [-0.1, -0.05) is 0 Å². The molecule has 1 aromatic carbocycles. The second-order valence-electron chi connectivity index (χ2n) is 2.89. The van der Waals surface area contributed by atoms with Gasteiger partial charge >= 0.3 is 5.97 Å². The van der Waals surface area contributed by atoms with Crippen LogP contribution >= 0.6 is 0 Å². The Morgan fingerprint density at radius 1 is 1.47 bits per heavy atom. The molecule has 0 atom stereocenters. The number of halogens is 2. The van der Waals surface area contributed by atoms with Crippen molar-refractivity contribution < 1.29 is 23.1 Å². The van der Waals surface area contributed by atoms with E-state index >= 15 is 0 Å². The fourth-order valence-electron chi connectivity index (χ4n) is 1.18. The molecule has 0 heterocycles. The van der Waals surface area contributed by atoms with Gasteiger partial charge < -0.3 is 4.74 Å². The van der Waals surface area contributed by atoms with E-state index in [1.165, 1.54) is 6.92 Å². The third kappa shape index (κ3) is 1.86. The van der Waals surface area contributed by atoms with Crippen LogP contribution < -0.4 is 0 Å². The van der Waals surface area contributed by atoms with Crippen LogP contribution in [0.2, 0.25) is 0 Å². The summed E-state index contributed by atoms with van der Waals surface area (Å²) in [6.07, 6.45) is 0.0874. The molecule has 0 aliphatic rings. The minimum atomic E-state index is -1.07. The molecule has 80 valence electrons. The number of hydrogen-bond donors (Lipinski definition) is 0. The lowest BCUT2D eigenvalue weighted by Crippen LogP contribution is -2.11. The predicted octanol–water partition coefficient (Wildman–Crippen LogP) is 1.87. The predicted molar refractivity (Wildman–Crippen MR) is 47.8 cm³/mol. The van der Waals surface area contributed by atoms with Crippen molar-refractivity contribution in [1.29, 1.82) is 0 Å². The average molecular weight is 214 g/mol. The first-order valence-electron chi connectivity index (χ1n) is 4.05. The highest BCUT2D eigenvalue weighted by Crippen LogP contribution is 2.20. The third-order valence-corrected chi connectivity index (χ3v) is 1.94. The van der Waals surface area contributed by atoms with Gasteiger partial charge in [0.1, 0.15) is 17.2 Å². The Hall–Kier alpha value is -1.78. The Morgan fingerprint density at radius 2 is 2.07 bits per heavy atom. The van der Waals surface area contributed by atoms with Crippen LogP contribution in [0, 0.1) is 18.6 Å². The fourth-order valence-corrected chi connectivity index (χ4v) is 1.18. The van der Waals surface area contributed by atoms with E-state index in [4.69, 9.17) is 0 Å². The van der Waals surface area contributed by atoms with Gasteiger partial charge in [0.15, 0.2) is 6.29 Å². The van der Waals surface area contributed by atoms with Crippen LogP contribution in [0.4, 0.5) is 8.78 Å². The summed E-state index contributed by atoms with van der Waals surface area (Å²) in [7, 11) is 1.02. The van der Waals surface area contributed by atoms with Crippen molar-refractivity contribution in [2.24, 2.45) is 0 Å². The van der Waals surface area contributed by atoms with Gasteiger partial charge in [-0.15, -0.1) is 0 Å². The molecule has 1 rings (SSSR count). The quantitative estimate of drug-likeness (QED) is 0.557. The summed E-state index contributed by atoms with van der Waals surface area (Å²) < 4.78 is 30.9. The van der Waals surface area contributed by atoms with Crippen molar-refractivity contribution in [3.8, 4) is 0 Å². The summed E-state index contributed by atoms with van der Waals surface area (Å²) >= 11 is 0. The lowest BCUT2D eigenvalue weighted by atomic mass is 10.0. The molecule has 0 spiro atoms. The summed E-state index contributed by atoms with van der Waals surface area (Å²) in [5, 5.41) is 0. The number of esters is 1. The monoisotopic (exact) mass is 214 g/mol. The zero-order valence-corrected chi connectivity index (χ0v) is 8.14. The Labute approximate surface area is 84.7 Å². The van der Waals surface area contributed by atoms with Gasteiger partial charge in [0.2, 0.25) is 0 Å². The van der Waals surface area contributed by atoms with E-state index in [0.29, 0.717) is 0 Å². The number of ether oxygens (including phenoxy) is 1. The van der Waals surface area contributed by atoms with Gasteiger partial charge in [0, 0.05) is 0 Å². The number of hydrogen-bond acceptors (Lipinski definition) is 3. The van der Waals surface area contributed by atoms with Gasteiger partial charge in [-0.25, -0.2) is 13.6 Å². The molecule has 0 fully saturated rings. The summed E-state index contributed by atoms with van der Waals surface area (Å²) in [5.41, 5.74) is -1.34. The topological polar surface area (TPSA) is 43.4 Å². The molecule has 0 amide bonds. The molecular formula is C10H8F2O3. The molecule has 0 saturated heterocycles. The van der Waals surface area contributed by atoms with E-state index < -0.39 is 28.7 Å². The molecular weight excluding hydrogens is 206 g/mol. The van der Waals surface area contributed by atoms with E-state index in [1.54, 1.807) is 0 Å². The molecule has 0 aliphatic carbocycles. The first kappa shape index (κ1) is 11.3. The van der Waals surface area contributed by atoms with Gasteiger partial charge in [-0.3, -0.25) is 4.79 Å². The highest BCUT2D eigenvalue weighted by Gasteiger charge is 2.22. The van der Waals surface area contributed by atoms with Gasteiger partial charge in [-0.2, -0.15) is 0 Å². The number of methoxy groups -OCH3 is 1. The summed E-state index contributed by atoms with van der Waals surface area (Å²) in [6.45, 7) is 1.29. The molecule has 0 bridgehead atoms. The lowest BCUT2D eigenvalue weighted by molar-refractivity contribution is 0.0592. The van der Waals surface area contributed by atoms with Crippen molar-refractivity contribution in [2.75, 3.05) is 7.11 Å². The number of aldehydes is 1. The van der Waals surface area contributed by atoms with Crippen LogP contribution in [0.25, 0.3) is 0 Å². The number of aryl methyl sites for hydroxylation is 1. The van der Waals surface area contributed by atoms with E-state index in [-0.39, 0.29) is 11.8 Å². The first-order valence-corrected chi connectivity index (χ1v) is 4.05. The van der Waals surface area contributed by atoms with Crippen LogP contribution in [0.15, 0.2) is 6.07 Å². The molecule has 1 aromatic rings. The molecule has 0 N–H and O–H groups in total. The molecule has 0 aliphatic heterocycles. The molecule has 0 saturated carbocycles. The van der Waals surface area contributed by atoms with Crippen LogP contribution in [0.1, 0.15) is 26.3 Å². The number of carbonyl (C=O) groups excluding carboxylic acids is 2. The maximum absolute atomic E-state index is 13.4. The van der Waals surface area contributed by atoms with E-state index in [1.807, 2.05) is 0 Å². The number of carbonyl (C=O) groups is 2. The van der Waals surface area contributed by atoms with Crippen molar-refractivity contribution in [3.63, 3.8) is 0 Å². The van der Waals surface area contributed by atoms with Crippen molar-refractivity contribution in [2.45, 2.75) is 6.92 Å². The molecule has 5 heteroatoms. The summed E-state index contributed by atoms with van der Waals surface area (Å²) in [6, 6.07) is 0.853. The van der Waals surface area contributed by atoms with Gasteiger partial charge in [0.05, 0.1) is 12.7 Å². The van der Waals surface area contributed by atoms with Crippen molar-refractivity contribution in [3.05, 3.63) is 34.4 Å². The summed E-state index contributed by atoms with van der Waals surface area (Å²) in [5.74, 6) is -2.95. The molecule has 3 nitrogen and oxygen atoms in total. The minimum absolute atomic E-state index is 0.0569. The maximum Gasteiger partial charge on any atom is 0.341 e. The van der Waals surface area contributed by atoms with Crippen molar-refractivity contribution in [1.82, 2.24) is 0 Å². The molecule has 0 aromatic heterocycles. The van der Waals surface area contributed by atoms with Gasteiger partial charge in [0.25, 0.3) is 0 Å². The highest BCUT2D eigenvalue weighted by molar-refractivity contribution is 5.98. The Kier molecular flexibility index (Phi) is 3.14. The van der Waals surface area contributed by atoms with E-state index in [2.05, 4.69) is 4.74 Å². The average Bonchev–Trinajstić information content (AvgIpc) is 2.21. The van der Waals surface area contributed by atoms with Crippen LogP contribution in [0.3, 0.4) is 0 Å². The SMILES string of the molecule is COC(=O)c1c(F)c(C)cc(F)c1C=O. The second kappa shape index (κ2) is 4.16. The van der Waals surface area contributed by atoms with Crippen LogP contribution in [-0.4, -0.2) is 19.4 Å². The zero-order valence-electron chi connectivity index (χ0n) is 8.14. The third-order valence-electron chi connectivity index (χ3n) is 1.94. The van der Waals surface area contributed by atoms with Gasteiger partial charge in [-0.05, 0) is 18.6 Å². The largest absolute Gasteiger partial charge is 0.465 e. The summed E-state index contributed by atoms with van der Waals surface area (Å²) in [4.78, 5) is 21.6. The van der Waals surface area contributed by atoms with Crippen LogP contribution in [0.5, 0.6) is 0 Å². The molecule has 15 heavy (non-hydrogen) atoms. The first-order chi connectivity index (χ1) is 7.02. The van der Waals surface area contributed by atoms with Crippen molar-refractivity contribution >= 4 is 12.3 Å². The van der Waals surface area contributed by atoms with E-state index in [0.717, 1.165) is 13.2 Å². The smallest absolute Gasteiger partial charge is 0.341 e. The Bertz CT molecular complexity index is 427. The van der Waals surface area contributed by atoms with E-state index in [9.17, 15) is 18.4 Å². The fraction of sp³-hybridized carbons (Fsp3) is 0.200. The lowest BCUT2D eigenvalue weighted by Gasteiger charge is -2.07. The highest BCUT2D eigenvalue weighted by atomic mass is 19.1. The molecule has 0 unspecified atom stereocenters. The maximum atomic E-state index is 13.4. The minimum Gasteiger partial charge on any atom is -0.465 e. The Morgan fingerprint density at radius 3 is 2.53 bits per heavy atom. The standard InChI is InChI=1S/C10H8F2O3/c1-5-3-7(11)6(4-13)8(9(5)12)10(14)15-2/h3-4H,1-2H3. The van der Waals surface area contributed by atoms with Crippen LogP contribution in [-0.2, 0) is 4.74 Å². The number of rotatable bonds is 2. The number of benzene rings is 1. The normalized spacial score (nSPS) is 9.87. The Balaban J connectivity index is 3.57. The zero-order chi connectivity index (χ0) is 11.6.